The van der Waals surface area contributed by atoms with E-state index in [-0.39, 0.29) is 11.7 Å². The summed E-state index contributed by atoms with van der Waals surface area (Å²) in [4.78, 5) is 11.6. The van der Waals surface area contributed by atoms with Gasteiger partial charge in [-0.25, -0.2) is 4.39 Å². The molecule has 1 saturated carbocycles. The fourth-order valence-electron chi connectivity index (χ4n) is 1.79. The van der Waals surface area contributed by atoms with Crippen molar-refractivity contribution in [3.05, 3.63) is 35.1 Å². The number of hydrogen-bond donors (Lipinski definition) is 2. The lowest BCUT2D eigenvalue weighted by Gasteiger charge is -2.11. The number of nitrogens with one attached hydrogen (secondary N) is 1. The minimum atomic E-state index is -0.613. The SMILES string of the molecule is Cc1cc(F)ccc1CCNC(=O)C1(N)CC1. The second kappa shape index (κ2) is 4.45. The second-order valence-corrected chi connectivity index (χ2v) is 4.73. The van der Waals surface area contributed by atoms with Gasteiger partial charge in [-0.2, -0.15) is 0 Å². The van der Waals surface area contributed by atoms with E-state index in [1.54, 1.807) is 6.07 Å². The van der Waals surface area contributed by atoms with Crippen LogP contribution >= 0.6 is 0 Å². The maximum Gasteiger partial charge on any atom is 0.240 e. The summed E-state index contributed by atoms with van der Waals surface area (Å²) in [7, 11) is 0. The van der Waals surface area contributed by atoms with Crippen molar-refractivity contribution in [2.24, 2.45) is 5.73 Å². The third-order valence-electron chi connectivity index (χ3n) is 3.23. The molecular weight excluding hydrogens is 219 g/mol. The molecule has 3 N–H and O–H groups in total. The minimum Gasteiger partial charge on any atom is -0.354 e. The highest BCUT2D eigenvalue weighted by molar-refractivity contribution is 5.88. The van der Waals surface area contributed by atoms with Crippen molar-refractivity contribution in [2.75, 3.05) is 6.54 Å². The van der Waals surface area contributed by atoms with Crippen molar-refractivity contribution in [1.82, 2.24) is 5.32 Å². The molecule has 1 aromatic rings. The van der Waals surface area contributed by atoms with Gasteiger partial charge in [0.15, 0.2) is 0 Å². The Balaban J connectivity index is 1.84. The molecule has 1 aliphatic rings. The van der Waals surface area contributed by atoms with E-state index >= 15 is 0 Å². The van der Waals surface area contributed by atoms with Crippen LogP contribution in [0.2, 0.25) is 0 Å². The molecule has 1 aromatic carbocycles. The zero-order valence-corrected chi connectivity index (χ0v) is 9.92. The predicted molar refractivity (Wildman–Crippen MR) is 64.0 cm³/mol. The van der Waals surface area contributed by atoms with Crippen LogP contribution in [0.4, 0.5) is 4.39 Å². The molecule has 0 heterocycles. The van der Waals surface area contributed by atoms with Crippen molar-refractivity contribution in [3.8, 4) is 0 Å². The van der Waals surface area contributed by atoms with Crippen LogP contribution in [0.25, 0.3) is 0 Å². The minimum absolute atomic E-state index is 0.0720. The lowest BCUT2D eigenvalue weighted by molar-refractivity contribution is -0.123. The van der Waals surface area contributed by atoms with E-state index in [9.17, 15) is 9.18 Å². The van der Waals surface area contributed by atoms with E-state index in [4.69, 9.17) is 5.73 Å². The highest BCUT2D eigenvalue weighted by Gasteiger charge is 2.45. The molecule has 92 valence electrons. The molecular formula is C13H17FN2O. The van der Waals surface area contributed by atoms with Gasteiger partial charge in [0.2, 0.25) is 5.91 Å². The number of benzene rings is 1. The number of nitrogens with two attached hydrogens (primary N) is 1. The van der Waals surface area contributed by atoms with Gasteiger partial charge < -0.3 is 11.1 Å². The maximum atomic E-state index is 12.9. The van der Waals surface area contributed by atoms with Gasteiger partial charge >= 0.3 is 0 Å². The average molecular weight is 236 g/mol. The molecule has 0 radical (unpaired) electrons. The first-order chi connectivity index (χ1) is 8.01. The summed E-state index contributed by atoms with van der Waals surface area (Å²) >= 11 is 0. The van der Waals surface area contributed by atoms with Crippen LogP contribution in [0.3, 0.4) is 0 Å². The average Bonchev–Trinajstić information content (AvgIpc) is 3.01. The third-order valence-corrected chi connectivity index (χ3v) is 3.23. The molecule has 0 atom stereocenters. The fourth-order valence-corrected chi connectivity index (χ4v) is 1.79. The second-order valence-electron chi connectivity index (χ2n) is 4.73. The van der Waals surface area contributed by atoms with Gasteiger partial charge in [-0.3, -0.25) is 4.79 Å². The Morgan fingerprint density at radius 3 is 2.82 bits per heavy atom. The Kier molecular flexibility index (Phi) is 3.15. The van der Waals surface area contributed by atoms with Crippen molar-refractivity contribution in [2.45, 2.75) is 31.7 Å². The number of carbonyl (C=O) groups is 1. The quantitative estimate of drug-likeness (QED) is 0.827. The van der Waals surface area contributed by atoms with E-state index in [1.807, 2.05) is 6.92 Å². The Hall–Kier alpha value is -1.42. The fraction of sp³-hybridized carbons (Fsp3) is 0.462. The molecule has 0 aromatic heterocycles. The van der Waals surface area contributed by atoms with E-state index in [1.165, 1.54) is 12.1 Å². The van der Waals surface area contributed by atoms with Crippen molar-refractivity contribution >= 4 is 5.91 Å². The van der Waals surface area contributed by atoms with Crippen LogP contribution in [-0.2, 0) is 11.2 Å². The van der Waals surface area contributed by atoms with Gasteiger partial charge in [-0.15, -0.1) is 0 Å². The monoisotopic (exact) mass is 236 g/mol. The molecule has 0 spiro atoms. The zero-order chi connectivity index (χ0) is 12.5. The van der Waals surface area contributed by atoms with E-state index < -0.39 is 5.54 Å². The van der Waals surface area contributed by atoms with Crippen LogP contribution in [0.15, 0.2) is 18.2 Å². The maximum absolute atomic E-state index is 12.9. The first-order valence-corrected chi connectivity index (χ1v) is 5.83. The lowest BCUT2D eigenvalue weighted by atomic mass is 10.1. The third kappa shape index (κ3) is 2.82. The summed E-state index contributed by atoms with van der Waals surface area (Å²) in [5.74, 6) is -0.300. The van der Waals surface area contributed by atoms with E-state index in [0.29, 0.717) is 13.0 Å². The molecule has 17 heavy (non-hydrogen) atoms. The van der Waals surface area contributed by atoms with Gasteiger partial charge in [0.25, 0.3) is 0 Å². The predicted octanol–water partition coefficient (Wildman–Crippen LogP) is 1.28. The number of amides is 1. The normalized spacial score (nSPS) is 16.6. The van der Waals surface area contributed by atoms with Crippen molar-refractivity contribution in [1.29, 1.82) is 0 Å². The Morgan fingerprint density at radius 2 is 2.24 bits per heavy atom. The van der Waals surface area contributed by atoms with E-state index in [2.05, 4.69) is 5.32 Å². The standard InChI is InChI=1S/C13H17FN2O/c1-9-8-11(14)3-2-10(9)4-7-16-12(17)13(15)5-6-13/h2-3,8H,4-7,15H2,1H3,(H,16,17). The Morgan fingerprint density at radius 1 is 1.53 bits per heavy atom. The summed E-state index contributed by atoms with van der Waals surface area (Å²) in [6.07, 6.45) is 2.25. The summed E-state index contributed by atoms with van der Waals surface area (Å²) in [6, 6.07) is 4.70. The molecule has 1 fully saturated rings. The first kappa shape index (κ1) is 12.0. The highest BCUT2D eigenvalue weighted by Crippen LogP contribution is 2.31. The zero-order valence-electron chi connectivity index (χ0n) is 9.92. The molecule has 0 bridgehead atoms. The van der Waals surface area contributed by atoms with Crippen LogP contribution < -0.4 is 11.1 Å². The topological polar surface area (TPSA) is 55.1 Å². The summed E-state index contributed by atoms with van der Waals surface area (Å²) in [5, 5.41) is 2.82. The van der Waals surface area contributed by atoms with Gasteiger partial charge in [-0.05, 0) is 49.4 Å². The van der Waals surface area contributed by atoms with Gasteiger partial charge in [-0.1, -0.05) is 6.07 Å². The molecule has 3 nitrogen and oxygen atoms in total. The van der Waals surface area contributed by atoms with Crippen LogP contribution in [0.5, 0.6) is 0 Å². The molecule has 4 heteroatoms. The molecule has 1 aliphatic carbocycles. The molecule has 0 aliphatic heterocycles. The summed E-state index contributed by atoms with van der Waals surface area (Å²) < 4.78 is 12.9. The smallest absolute Gasteiger partial charge is 0.240 e. The number of carbonyl (C=O) groups excluding carboxylic acids is 1. The van der Waals surface area contributed by atoms with Crippen LogP contribution in [0, 0.1) is 12.7 Å². The van der Waals surface area contributed by atoms with Crippen LogP contribution in [-0.4, -0.2) is 18.0 Å². The highest BCUT2D eigenvalue weighted by atomic mass is 19.1. The first-order valence-electron chi connectivity index (χ1n) is 5.83. The number of hydrogen-bond acceptors (Lipinski definition) is 2. The van der Waals surface area contributed by atoms with Gasteiger partial charge in [0, 0.05) is 6.54 Å². The van der Waals surface area contributed by atoms with Gasteiger partial charge in [0.1, 0.15) is 5.82 Å². The number of aryl methyl sites for hydroxylation is 1. The van der Waals surface area contributed by atoms with Crippen molar-refractivity contribution in [3.63, 3.8) is 0 Å². The summed E-state index contributed by atoms with van der Waals surface area (Å²) in [5.41, 5.74) is 7.10. The molecule has 2 rings (SSSR count). The summed E-state index contributed by atoms with van der Waals surface area (Å²) in [6.45, 7) is 2.41. The number of halogens is 1. The Labute approximate surface area is 100 Å². The number of rotatable bonds is 4. The molecule has 0 saturated heterocycles. The molecule has 0 unspecified atom stereocenters. The van der Waals surface area contributed by atoms with Crippen molar-refractivity contribution < 1.29 is 9.18 Å². The largest absolute Gasteiger partial charge is 0.354 e. The molecule has 1 amide bonds. The Bertz CT molecular complexity index is 441. The van der Waals surface area contributed by atoms with Crippen LogP contribution in [0.1, 0.15) is 24.0 Å². The van der Waals surface area contributed by atoms with E-state index in [0.717, 1.165) is 24.0 Å². The van der Waals surface area contributed by atoms with Gasteiger partial charge in [0.05, 0.1) is 5.54 Å². The lowest BCUT2D eigenvalue weighted by Crippen LogP contribution is -2.43.